The number of halogens is 1. The molecule has 0 saturated heterocycles. The molecule has 7 heteroatoms. The van der Waals surface area contributed by atoms with E-state index in [4.69, 9.17) is 11.6 Å². The van der Waals surface area contributed by atoms with E-state index in [0.29, 0.717) is 0 Å². The smallest absolute Gasteiger partial charge is 0.300 e. The summed E-state index contributed by atoms with van der Waals surface area (Å²) in [5, 5.41) is 10.9. The second-order valence-electron chi connectivity index (χ2n) is 4.28. The quantitative estimate of drug-likeness (QED) is 0.479. The minimum absolute atomic E-state index is 0.00519. The van der Waals surface area contributed by atoms with E-state index in [0.717, 1.165) is 25.5 Å². The number of rotatable bonds is 3. The highest BCUT2D eigenvalue weighted by atomic mass is 35.5. The number of pyridine rings is 1. The van der Waals surface area contributed by atoms with Crippen LogP contribution in [0.5, 0.6) is 0 Å². The van der Waals surface area contributed by atoms with Gasteiger partial charge in [0.2, 0.25) is 0 Å². The van der Waals surface area contributed by atoms with Crippen molar-refractivity contribution < 1.29 is 9.72 Å². The topological polar surface area (TPSA) is 76.3 Å². The normalized spacial score (nSPS) is 15.0. The number of hydrogen-bond acceptors (Lipinski definition) is 4. The Hall–Kier alpha value is -1.69. The largest absolute Gasteiger partial charge is 0.339 e. The van der Waals surface area contributed by atoms with Gasteiger partial charge in [0.05, 0.1) is 4.92 Å². The van der Waals surface area contributed by atoms with Gasteiger partial charge in [0.15, 0.2) is 0 Å². The molecule has 0 aliphatic heterocycles. The minimum Gasteiger partial charge on any atom is -0.339 e. The minimum atomic E-state index is -0.620. The van der Waals surface area contributed by atoms with Crippen molar-refractivity contribution in [2.24, 2.45) is 0 Å². The number of aromatic nitrogens is 1. The molecule has 1 aromatic heterocycles. The number of nitro groups is 1. The first-order valence-electron chi connectivity index (χ1n) is 5.58. The first-order valence-corrected chi connectivity index (χ1v) is 5.95. The number of nitrogens with zero attached hydrogens (tertiary/aromatic N) is 3. The monoisotopic (exact) mass is 269 g/mol. The van der Waals surface area contributed by atoms with E-state index in [2.05, 4.69) is 4.98 Å². The molecule has 0 aromatic carbocycles. The van der Waals surface area contributed by atoms with Crippen molar-refractivity contribution in [1.82, 2.24) is 9.88 Å². The predicted molar refractivity (Wildman–Crippen MR) is 65.6 cm³/mol. The van der Waals surface area contributed by atoms with Crippen LogP contribution in [-0.2, 0) is 0 Å². The number of carbonyl (C=O) groups excluding carboxylic acids is 1. The third-order valence-corrected chi connectivity index (χ3v) is 3.43. The SMILES string of the molecule is CN(C(=O)c1cc(Cl)ncc1[N+](=O)[O-])C1CCC1. The Balaban J connectivity index is 2.33. The molecule has 18 heavy (non-hydrogen) atoms. The van der Waals surface area contributed by atoms with E-state index in [9.17, 15) is 14.9 Å². The summed E-state index contributed by atoms with van der Waals surface area (Å²) in [5.74, 6) is -0.379. The second-order valence-corrected chi connectivity index (χ2v) is 4.67. The molecule has 1 saturated carbocycles. The molecule has 1 heterocycles. The maximum absolute atomic E-state index is 12.2. The van der Waals surface area contributed by atoms with Crippen molar-refractivity contribution in [3.63, 3.8) is 0 Å². The highest BCUT2D eigenvalue weighted by molar-refractivity contribution is 6.29. The lowest BCUT2D eigenvalue weighted by atomic mass is 9.91. The summed E-state index contributed by atoms with van der Waals surface area (Å²) in [7, 11) is 1.66. The van der Waals surface area contributed by atoms with Gasteiger partial charge in [0.25, 0.3) is 11.6 Å². The van der Waals surface area contributed by atoms with Crippen LogP contribution in [0.15, 0.2) is 12.3 Å². The fourth-order valence-electron chi connectivity index (χ4n) is 1.87. The fraction of sp³-hybridized carbons (Fsp3) is 0.455. The first-order chi connectivity index (χ1) is 8.50. The molecular weight excluding hydrogens is 258 g/mol. The van der Waals surface area contributed by atoms with Gasteiger partial charge in [-0.05, 0) is 25.3 Å². The van der Waals surface area contributed by atoms with E-state index in [1.807, 2.05) is 0 Å². The summed E-state index contributed by atoms with van der Waals surface area (Å²) < 4.78 is 0. The molecule has 1 amide bonds. The number of carbonyl (C=O) groups is 1. The highest BCUT2D eigenvalue weighted by Gasteiger charge is 2.30. The van der Waals surface area contributed by atoms with Crippen LogP contribution in [0.2, 0.25) is 5.15 Å². The second kappa shape index (κ2) is 4.89. The van der Waals surface area contributed by atoms with Crippen LogP contribution in [-0.4, -0.2) is 33.8 Å². The molecule has 0 N–H and O–H groups in total. The zero-order chi connectivity index (χ0) is 13.3. The zero-order valence-electron chi connectivity index (χ0n) is 9.80. The lowest BCUT2D eigenvalue weighted by Gasteiger charge is -2.34. The van der Waals surface area contributed by atoms with Crippen molar-refractivity contribution in [2.45, 2.75) is 25.3 Å². The van der Waals surface area contributed by atoms with Gasteiger partial charge in [0.1, 0.15) is 16.9 Å². The van der Waals surface area contributed by atoms with Gasteiger partial charge >= 0.3 is 0 Å². The molecule has 0 unspecified atom stereocenters. The molecule has 1 fully saturated rings. The highest BCUT2D eigenvalue weighted by Crippen LogP contribution is 2.27. The van der Waals surface area contributed by atoms with Gasteiger partial charge in [-0.25, -0.2) is 4.98 Å². The fourth-order valence-corrected chi connectivity index (χ4v) is 2.03. The van der Waals surface area contributed by atoms with Crippen molar-refractivity contribution in [3.8, 4) is 0 Å². The molecule has 6 nitrogen and oxygen atoms in total. The van der Waals surface area contributed by atoms with E-state index in [1.54, 1.807) is 11.9 Å². The lowest BCUT2D eigenvalue weighted by molar-refractivity contribution is -0.385. The van der Waals surface area contributed by atoms with Crippen LogP contribution in [0.1, 0.15) is 29.6 Å². The average molecular weight is 270 g/mol. The Labute approximate surface area is 109 Å². The van der Waals surface area contributed by atoms with Crippen molar-refractivity contribution >= 4 is 23.2 Å². The van der Waals surface area contributed by atoms with E-state index >= 15 is 0 Å². The van der Waals surface area contributed by atoms with Crippen LogP contribution in [0.3, 0.4) is 0 Å². The third kappa shape index (κ3) is 2.28. The van der Waals surface area contributed by atoms with E-state index < -0.39 is 4.92 Å². The summed E-state index contributed by atoms with van der Waals surface area (Å²) >= 11 is 5.69. The van der Waals surface area contributed by atoms with Crippen LogP contribution in [0.4, 0.5) is 5.69 Å². The average Bonchev–Trinajstić information content (AvgIpc) is 2.25. The third-order valence-electron chi connectivity index (χ3n) is 3.22. The molecule has 96 valence electrons. The molecule has 0 radical (unpaired) electrons. The van der Waals surface area contributed by atoms with Crippen molar-refractivity contribution in [1.29, 1.82) is 0 Å². The summed E-state index contributed by atoms with van der Waals surface area (Å²) in [5.41, 5.74) is -0.315. The summed E-state index contributed by atoms with van der Waals surface area (Å²) in [6.45, 7) is 0. The lowest BCUT2D eigenvalue weighted by Crippen LogP contribution is -2.41. The van der Waals surface area contributed by atoms with Gasteiger partial charge in [0, 0.05) is 13.1 Å². The molecule has 2 rings (SSSR count). The Morgan fingerprint density at radius 3 is 2.78 bits per heavy atom. The van der Waals surface area contributed by atoms with Crippen LogP contribution in [0, 0.1) is 10.1 Å². The van der Waals surface area contributed by atoms with Crippen LogP contribution in [0.25, 0.3) is 0 Å². The summed E-state index contributed by atoms with van der Waals surface area (Å²) in [6.07, 6.45) is 3.98. The van der Waals surface area contributed by atoms with Gasteiger partial charge in [-0.2, -0.15) is 0 Å². The van der Waals surface area contributed by atoms with Gasteiger partial charge in [-0.3, -0.25) is 14.9 Å². The first kappa shape index (κ1) is 12.8. The van der Waals surface area contributed by atoms with E-state index in [1.165, 1.54) is 6.07 Å². The molecule has 1 aliphatic carbocycles. The molecule has 0 spiro atoms. The zero-order valence-corrected chi connectivity index (χ0v) is 10.6. The van der Waals surface area contributed by atoms with Crippen LogP contribution >= 0.6 is 11.6 Å². The van der Waals surface area contributed by atoms with Gasteiger partial charge in [-0.15, -0.1) is 0 Å². The Bertz CT molecular complexity index is 502. The molecule has 1 aromatic rings. The Kier molecular flexibility index (Phi) is 3.47. The molecular formula is C11H12ClN3O3. The van der Waals surface area contributed by atoms with Gasteiger partial charge < -0.3 is 4.90 Å². The maximum atomic E-state index is 12.2. The van der Waals surface area contributed by atoms with E-state index in [-0.39, 0.29) is 28.4 Å². The number of hydrogen-bond donors (Lipinski definition) is 0. The predicted octanol–water partition coefficient (Wildman–Crippen LogP) is 2.27. The van der Waals surface area contributed by atoms with Crippen molar-refractivity contribution in [2.75, 3.05) is 7.05 Å². The summed E-state index contributed by atoms with van der Waals surface area (Å²) in [6, 6.07) is 1.42. The summed E-state index contributed by atoms with van der Waals surface area (Å²) in [4.78, 5) is 27.6. The Morgan fingerprint density at radius 2 is 2.28 bits per heavy atom. The molecule has 1 aliphatic rings. The number of amides is 1. The van der Waals surface area contributed by atoms with Crippen LogP contribution < -0.4 is 0 Å². The van der Waals surface area contributed by atoms with Crippen molar-refractivity contribution in [3.05, 3.63) is 33.1 Å². The Morgan fingerprint density at radius 1 is 1.61 bits per heavy atom. The molecule has 0 atom stereocenters. The molecule has 0 bridgehead atoms. The van der Waals surface area contributed by atoms with Gasteiger partial charge in [-0.1, -0.05) is 11.6 Å². The maximum Gasteiger partial charge on any atom is 0.300 e. The standard InChI is InChI=1S/C11H12ClN3O3/c1-14(7-3-2-4-7)11(16)8-5-10(12)13-6-9(8)15(17)18/h5-7H,2-4H2,1H3.